The molecule has 0 aliphatic carbocycles. The first kappa shape index (κ1) is 18.5. The van der Waals surface area contributed by atoms with Crippen molar-refractivity contribution in [1.29, 1.82) is 0 Å². The van der Waals surface area contributed by atoms with Gasteiger partial charge in [-0.1, -0.05) is 24.3 Å². The summed E-state index contributed by atoms with van der Waals surface area (Å²) in [6, 6.07) is 14.8. The minimum absolute atomic E-state index is 0.0321. The number of benzene rings is 2. The molecule has 138 valence electrons. The number of aromatic hydroxyl groups is 1. The Kier molecular flexibility index (Phi) is 5.71. The highest BCUT2D eigenvalue weighted by atomic mass is 16.7. The van der Waals surface area contributed by atoms with Crippen LogP contribution in [0.5, 0.6) is 11.5 Å². The Morgan fingerprint density at radius 1 is 1.15 bits per heavy atom. The van der Waals surface area contributed by atoms with Crippen molar-refractivity contribution in [3.05, 3.63) is 88.7 Å². The summed E-state index contributed by atoms with van der Waals surface area (Å²) in [5.74, 6) is 0.344. The maximum absolute atomic E-state index is 12.3. The zero-order valence-electron chi connectivity index (χ0n) is 15.4. The van der Waals surface area contributed by atoms with Crippen molar-refractivity contribution in [2.24, 2.45) is 0 Å². The first-order chi connectivity index (χ1) is 13.0. The number of hydrogen-bond acceptors (Lipinski definition) is 4. The van der Waals surface area contributed by atoms with E-state index in [1.54, 1.807) is 18.3 Å². The summed E-state index contributed by atoms with van der Waals surface area (Å²) < 4.78 is 0. The summed E-state index contributed by atoms with van der Waals surface area (Å²) in [7, 11) is 0. The monoisotopic (exact) mass is 362 g/mol. The number of carbonyl (C=O) groups is 1. The fourth-order valence-electron chi connectivity index (χ4n) is 2.92. The maximum Gasteiger partial charge on any atom is 0.257 e. The topological polar surface area (TPSA) is 71.5 Å². The molecule has 5 heteroatoms. The van der Waals surface area contributed by atoms with E-state index in [2.05, 4.69) is 10.5 Å². The van der Waals surface area contributed by atoms with Crippen LogP contribution >= 0.6 is 0 Å². The first-order valence-corrected chi connectivity index (χ1v) is 8.74. The number of hydroxylamine groups is 1. The molecule has 3 rings (SSSR count). The van der Waals surface area contributed by atoms with E-state index < -0.39 is 0 Å². The fraction of sp³-hybridized carbons (Fsp3) is 0.182. The standard InChI is InChI=1S/C22H22N2O3/c1-15-5-3-7-19(11-15)27-24-22(26)13-20-16(2)18(8-9-21(20)25)12-17-6-4-10-23-14-17/h3-11,14,25H,12-13H2,1-2H3,(H,24,26). The third kappa shape index (κ3) is 4.85. The highest BCUT2D eigenvalue weighted by Gasteiger charge is 2.14. The molecular weight excluding hydrogens is 340 g/mol. The smallest absolute Gasteiger partial charge is 0.257 e. The predicted octanol–water partition coefficient (Wildman–Crippen LogP) is 3.65. The molecule has 0 unspecified atom stereocenters. The molecule has 0 saturated heterocycles. The molecule has 5 nitrogen and oxygen atoms in total. The number of nitrogens with one attached hydrogen (secondary N) is 1. The first-order valence-electron chi connectivity index (χ1n) is 8.74. The lowest BCUT2D eigenvalue weighted by Crippen LogP contribution is -2.28. The van der Waals surface area contributed by atoms with E-state index in [1.807, 2.05) is 56.4 Å². The third-order valence-corrected chi connectivity index (χ3v) is 4.41. The molecule has 0 aliphatic heterocycles. The number of aromatic nitrogens is 1. The molecule has 0 fully saturated rings. The van der Waals surface area contributed by atoms with Crippen molar-refractivity contribution in [2.75, 3.05) is 0 Å². The molecular formula is C22H22N2O3. The highest BCUT2D eigenvalue weighted by molar-refractivity contribution is 5.79. The number of phenolic OH excluding ortho intramolecular Hbond substituents is 1. The van der Waals surface area contributed by atoms with E-state index in [0.29, 0.717) is 17.7 Å². The Hall–Kier alpha value is -3.34. The molecule has 0 aliphatic rings. The SMILES string of the molecule is Cc1cccc(ONC(=O)Cc2c(O)ccc(Cc3cccnc3)c2C)c1. The molecule has 0 atom stereocenters. The highest BCUT2D eigenvalue weighted by Crippen LogP contribution is 2.26. The van der Waals surface area contributed by atoms with E-state index in [0.717, 1.165) is 22.3 Å². The molecule has 2 aromatic carbocycles. The van der Waals surface area contributed by atoms with Gasteiger partial charge in [-0.3, -0.25) is 9.78 Å². The maximum atomic E-state index is 12.3. The summed E-state index contributed by atoms with van der Waals surface area (Å²) >= 11 is 0. The van der Waals surface area contributed by atoms with Crippen molar-refractivity contribution in [3.63, 3.8) is 0 Å². The van der Waals surface area contributed by atoms with Gasteiger partial charge in [-0.05, 0) is 66.8 Å². The number of amides is 1. The van der Waals surface area contributed by atoms with E-state index in [9.17, 15) is 9.90 Å². The predicted molar refractivity (Wildman–Crippen MR) is 104 cm³/mol. The summed E-state index contributed by atoms with van der Waals surface area (Å²) in [6.07, 6.45) is 4.27. The number of hydrogen-bond donors (Lipinski definition) is 2. The second-order valence-corrected chi connectivity index (χ2v) is 6.51. The van der Waals surface area contributed by atoms with Gasteiger partial charge in [0, 0.05) is 18.0 Å². The average molecular weight is 362 g/mol. The number of aryl methyl sites for hydroxylation is 1. The van der Waals surface area contributed by atoms with Gasteiger partial charge in [0.05, 0.1) is 6.42 Å². The van der Waals surface area contributed by atoms with Crippen LogP contribution in [0.1, 0.15) is 27.8 Å². The normalized spacial score (nSPS) is 10.4. The molecule has 27 heavy (non-hydrogen) atoms. The molecule has 2 N–H and O–H groups in total. The summed E-state index contributed by atoms with van der Waals surface area (Å²) in [6.45, 7) is 3.86. The quantitative estimate of drug-likeness (QED) is 0.657. The number of nitrogens with zero attached hydrogens (tertiary/aromatic N) is 1. The van der Waals surface area contributed by atoms with E-state index >= 15 is 0 Å². The van der Waals surface area contributed by atoms with Gasteiger partial charge in [-0.25, -0.2) is 0 Å². The van der Waals surface area contributed by atoms with Gasteiger partial charge in [0.25, 0.3) is 5.91 Å². The van der Waals surface area contributed by atoms with Gasteiger partial charge >= 0.3 is 0 Å². The number of pyridine rings is 1. The lowest BCUT2D eigenvalue weighted by molar-refractivity contribution is -0.127. The second kappa shape index (κ2) is 8.36. The Morgan fingerprint density at radius 3 is 2.74 bits per heavy atom. The van der Waals surface area contributed by atoms with Crippen LogP contribution in [0.3, 0.4) is 0 Å². The molecule has 0 spiro atoms. The van der Waals surface area contributed by atoms with Crippen LogP contribution in [0.2, 0.25) is 0 Å². The summed E-state index contributed by atoms with van der Waals surface area (Å²) in [5.41, 5.74) is 7.09. The Balaban J connectivity index is 1.70. The molecule has 1 aromatic heterocycles. The largest absolute Gasteiger partial charge is 0.508 e. The van der Waals surface area contributed by atoms with E-state index in [-0.39, 0.29) is 18.1 Å². The molecule has 0 radical (unpaired) electrons. The average Bonchev–Trinajstić information content (AvgIpc) is 2.67. The van der Waals surface area contributed by atoms with Crippen molar-refractivity contribution in [1.82, 2.24) is 10.5 Å². The van der Waals surface area contributed by atoms with Crippen LogP contribution in [0.15, 0.2) is 60.9 Å². The van der Waals surface area contributed by atoms with Crippen molar-refractivity contribution in [2.45, 2.75) is 26.7 Å². The zero-order chi connectivity index (χ0) is 19.2. The number of rotatable bonds is 6. The molecule has 3 aromatic rings. The lowest BCUT2D eigenvalue weighted by atomic mass is 9.95. The third-order valence-electron chi connectivity index (χ3n) is 4.41. The molecule has 0 saturated carbocycles. The van der Waals surface area contributed by atoms with Crippen molar-refractivity contribution in [3.8, 4) is 11.5 Å². The molecule has 1 heterocycles. The number of carbonyl (C=O) groups excluding carboxylic acids is 1. The van der Waals surface area contributed by atoms with Crippen molar-refractivity contribution < 1.29 is 14.7 Å². The zero-order valence-corrected chi connectivity index (χ0v) is 15.4. The fourth-order valence-corrected chi connectivity index (χ4v) is 2.92. The molecule has 0 bridgehead atoms. The second-order valence-electron chi connectivity index (χ2n) is 6.51. The van der Waals surface area contributed by atoms with Gasteiger partial charge < -0.3 is 9.94 Å². The van der Waals surface area contributed by atoms with Crippen LogP contribution in [0, 0.1) is 13.8 Å². The Labute approximate surface area is 158 Å². The van der Waals surface area contributed by atoms with Gasteiger partial charge in [-0.15, -0.1) is 0 Å². The van der Waals surface area contributed by atoms with Crippen LogP contribution in [-0.4, -0.2) is 16.0 Å². The van der Waals surface area contributed by atoms with E-state index in [4.69, 9.17) is 4.84 Å². The molecule has 1 amide bonds. The summed E-state index contributed by atoms with van der Waals surface area (Å²) in [5, 5.41) is 10.2. The Morgan fingerprint density at radius 2 is 2.00 bits per heavy atom. The van der Waals surface area contributed by atoms with Crippen molar-refractivity contribution >= 4 is 5.91 Å². The van der Waals surface area contributed by atoms with Gasteiger partial charge in [-0.2, -0.15) is 5.48 Å². The van der Waals surface area contributed by atoms with Crippen LogP contribution in [0.25, 0.3) is 0 Å². The number of phenols is 1. The minimum Gasteiger partial charge on any atom is -0.508 e. The van der Waals surface area contributed by atoms with Gasteiger partial charge in [0.1, 0.15) is 5.75 Å². The van der Waals surface area contributed by atoms with E-state index in [1.165, 1.54) is 0 Å². The van der Waals surface area contributed by atoms with Crippen LogP contribution in [0.4, 0.5) is 0 Å². The minimum atomic E-state index is -0.326. The van der Waals surface area contributed by atoms with Gasteiger partial charge in [0.2, 0.25) is 0 Å². The lowest BCUT2D eigenvalue weighted by Gasteiger charge is -2.14. The van der Waals surface area contributed by atoms with Crippen LogP contribution < -0.4 is 10.3 Å². The summed E-state index contributed by atoms with van der Waals surface area (Å²) in [4.78, 5) is 21.8. The Bertz CT molecular complexity index is 940. The van der Waals surface area contributed by atoms with Gasteiger partial charge in [0.15, 0.2) is 5.75 Å². The van der Waals surface area contributed by atoms with Crippen LogP contribution in [-0.2, 0) is 17.6 Å².